The summed E-state index contributed by atoms with van der Waals surface area (Å²) in [5.41, 5.74) is 0.161. The minimum absolute atomic E-state index is 0.259. The molecule has 1 aliphatic carbocycles. The Labute approximate surface area is 173 Å². The number of nitrogens with one attached hydrogen (secondary N) is 1. The fraction of sp³-hybridized carbons (Fsp3) is 0.682. The number of amides is 1. The van der Waals surface area contributed by atoms with E-state index in [0.717, 1.165) is 31.6 Å². The van der Waals surface area contributed by atoms with Gasteiger partial charge in [0.05, 0.1) is 18.9 Å². The van der Waals surface area contributed by atoms with E-state index in [0.29, 0.717) is 31.2 Å². The number of aromatic nitrogens is 1. The molecule has 2 aliphatic rings. The molecule has 1 saturated carbocycles. The van der Waals surface area contributed by atoms with Crippen LogP contribution in [0.4, 0.5) is 5.69 Å². The molecule has 0 unspecified atom stereocenters. The number of hydrogen-bond donors (Lipinski definition) is 1. The first-order valence-corrected chi connectivity index (χ1v) is 10.9. The van der Waals surface area contributed by atoms with Gasteiger partial charge in [-0.25, -0.2) is 9.78 Å². The third kappa shape index (κ3) is 5.00. The van der Waals surface area contributed by atoms with Crippen molar-refractivity contribution < 1.29 is 19.1 Å². The highest BCUT2D eigenvalue weighted by molar-refractivity contribution is 5.97. The van der Waals surface area contributed by atoms with Crippen LogP contribution in [0.5, 0.6) is 5.88 Å². The Hall–Kier alpha value is -2.31. The van der Waals surface area contributed by atoms with E-state index >= 15 is 0 Å². The molecule has 1 aromatic heterocycles. The Morgan fingerprint density at radius 3 is 2.45 bits per heavy atom. The number of hydrogen-bond acceptors (Lipinski definition) is 6. The van der Waals surface area contributed by atoms with Crippen LogP contribution < -0.4 is 15.0 Å². The van der Waals surface area contributed by atoms with E-state index in [1.165, 1.54) is 12.8 Å². The van der Waals surface area contributed by atoms with E-state index in [4.69, 9.17) is 9.47 Å². The number of carbonyl (C=O) groups is 2. The highest BCUT2D eigenvalue weighted by Crippen LogP contribution is 2.33. The van der Waals surface area contributed by atoms with Crippen molar-refractivity contribution in [3.8, 4) is 5.88 Å². The van der Waals surface area contributed by atoms with Gasteiger partial charge in [0, 0.05) is 13.1 Å². The van der Waals surface area contributed by atoms with Crippen LogP contribution in [0.3, 0.4) is 0 Å². The summed E-state index contributed by atoms with van der Waals surface area (Å²) in [7, 11) is 0. The third-order valence-electron chi connectivity index (χ3n) is 5.90. The Balaban J connectivity index is 1.81. The van der Waals surface area contributed by atoms with E-state index in [-0.39, 0.29) is 18.2 Å². The molecule has 3 rings (SSSR count). The van der Waals surface area contributed by atoms with Gasteiger partial charge in [-0.3, -0.25) is 4.79 Å². The maximum absolute atomic E-state index is 13.0. The van der Waals surface area contributed by atoms with Crippen LogP contribution in [-0.4, -0.2) is 48.7 Å². The number of pyridine rings is 1. The molecule has 1 saturated heterocycles. The lowest BCUT2D eigenvalue weighted by atomic mass is 9.92. The topological polar surface area (TPSA) is 80.8 Å². The molecule has 7 nitrogen and oxygen atoms in total. The number of esters is 1. The first-order valence-electron chi connectivity index (χ1n) is 10.9. The van der Waals surface area contributed by atoms with Crippen molar-refractivity contribution in [1.82, 2.24) is 10.3 Å². The summed E-state index contributed by atoms with van der Waals surface area (Å²) in [4.78, 5) is 32.3. The fourth-order valence-corrected chi connectivity index (χ4v) is 3.66. The van der Waals surface area contributed by atoms with Gasteiger partial charge in [0.25, 0.3) is 5.91 Å². The normalized spacial score (nSPS) is 16.6. The largest absolute Gasteiger partial charge is 0.476 e. The molecule has 7 heteroatoms. The standard InChI is InChI=1S/C22H33N3O4/c1-4-22(5-2,21(27)28-6-3)24-19(26)17-11-12-18(25-13-7-8-14-25)20(23-17)29-15-16-9-10-16/h11-12,16H,4-10,13-15H2,1-3H3,(H,24,26). The zero-order valence-electron chi connectivity index (χ0n) is 17.8. The van der Waals surface area contributed by atoms with Gasteiger partial charge in [-0.2, -0.15) is 0 Å². The van der Waals surface area contributed by atoms with E-state index in [1.807, 2.05) is 19.9 Å². The van der Waals surface area contributed by atoms with Gasteiger partial charge in [0.2, 0.25) is 5.88 Å². The lowest BCUT2D eigenvalue weighted by Gasteiger charge is -2.30. The SMILES string of the molecule is CCOC(=O)C(CC)(CC)NC(=O)c1ccc(N2CCCC2)c(OCC2CC2)n1. The smallest absolute Gasteiger partial charge is 0.331 e. The maximum Gasteiger partial charge on any atom is 0.331 e. The van der Waals surface area contributed by atoms with Crippen molar-refractivity contribution in [2.24, 2.45) is 5.92 Å². The van der Waals surface area contributed by atoms with Gasteiger partial charge in [0.1, 0.15) is 11.2 Å². The molecule has 0 atom stereocenters. The van der Waals surface area contributed by atoms with Crippen LogP contribution in [0.2, 0.25) is 0 Å². The summed E-state index contributed by atoms with van der Waals surface area (Å²) in [6, 6.07) is 3.63. The first kappa shape index (κ1) is 21.4. The van der Waals surface area contributed by atoms with Crippen molar-refractivity contribution in [3.63, 3.8) is 0 Å². The van der Waals surface area contributed by atoms with Crippen LogP contribution in [0.25, 0.3) is 0 Å². The Morgan fingerprint density at radius 2 is 1.86 bits per heavy atom. The van der Waals surface area contributed by atoms with Gasteiger partial charge in [-0.15, -0.1) is 0 Å². The first-order chi connectivity index (χ1) is 14.0. The van der Waals surface area contributed by atoms with Crippen molar-refractivity contribution in [1.29, 1.82) is 0 Å². The molecule has 0 spiro atoms. The quantitative estimate of drug-likeness (QED) is 0.604. The zero-order valence-corrected chi connectivity index (χ0v) is 17.8. The minimum Gasteiger partial charge on any atom is -0.476 e. The predicted octanol–water partition coefficient (Wildman–Crippen LogP) is 3.32. The second-order valence-corrected chi connectivity index (χ2v) is 7.93. The lowest BCUT2D eigenvalue weighted by molar-refractivity contribution is -0.151. The molecule has 1 aliphatic heterocycles. The molecule has 1 amide bonds. The number of carbonyl (C=O) groups excluding carboxylic acids is 2. The maximum atomic E-state index is 13.0. The zero-order chi connectivity index (χ0) is 20.9. The summed E-state index contributed by atoms with van der Waals surface area (Å²) >= 11 is 0. The predicted molar refractivity (Wildman–Crippen MR) is 111 cm³/mol. The van der Waals surface area contributed by atoms with Crippen molar-refractivity contribution >= 4 is 17.6 Å². The van der Waals surface area contributed by atoms with E-state index in [2.05, 4.69) is 15.2 Å². The van der Waals surface area contributed by atoms with Gasteiger partial charge < -0.3 is 19.7 Å². The van der Waals surface area contributed by atoms with Gasteiger partial charge in [-0.05, 0) is 63.5 Å². The summed E-state index contributed by atoms with van der Waals surface area (Å²) in [6.45, 7) is 8.37. The van der Waals surface area contributed by atoms with Crippen molar-refractivity contribution in [2.45, 2.75) is 64.8 Å². The Bertz CT molecular complexity index is 723. The molecule has 0 aromatic carbocycles. The highest BCUT2D eigenvalue weighted by Gasteiger charge is 2.38. The molecule has 0 radical (unpaired) electrons. The fourth-order valence-electron chi connectivity index (χ4n) is 3.66. The number of nitrogens with zero attached hydrogens (tertiary/aromatic N) is 2. The summed E-state index contributed by atoms with van der Waals surface area (Å²) in [5.74, 6) is 0.321. The Morgan fingerprint density at radius 1 is 1.17 bits per heavy atom. The monoisotopic (exact) mass is 403 g/mol. The summed E-state index contributed by atoms with van der Waals surface area (Å²) in [6.07, 6.45) is 5.58. The number of ether oxygens (including phenoxy) is 2. The number of rotatable bonds is 10. The molecule has 1 N–H and O–H groups in total. The van der Waals surface area contributed by atoms with Crippen molar-refractivity contribution in [3.05, 3.63) is 17.8 Å². The molecular formula is C22H33N3O4. The third-order valence-corrected chi connectivity index (χ3v) is 5.90. The molecule has 0 bridgehead atoms. The molecule has 160 valence electrons. The average molecular weight is 404 g/mol. The summed E-state index contributed by atoms with van der Waals surface area (Å²) < 4.78 is 11.2. The van der Waals surface area contributed by atoms with Crippen LogP contribution >= 0.6 is 0 Å². The Kier molecular flexibility index (Phi) is 6.98. The number of anilines is 1. The second kappa shape index (κ2) is 9.46. The van der Waals surface area contributed by atoms with Gasteiger partial charge in [0.15, 0.2) is 0 Å². The molecule has 2 fully saturated rings. The molecule has 2 heterocycles. The summed E-state index contributed by atoms with van der Waals surface area (Å²) in [5, 5.41) is 2.88. The molecule has 29 heavy (non-hydrogen) atoms. The van der Waals surface area contributed by atoms with Crippen molar-refractivity contribution in [2.75, 3.05) is 31.2 Å². The molecular weight excluding hydrogens is 370 g/mol. The van der Waals surface area contributed by atoms with Crippen LogP contribution in [0.1, 0.15) is 69.8 Å². The highest BCUT2D eigenvalue weighted by atomic mass is 16.5. The van der Waals surface area contributed by atoms with Gasteiger partial charge in [-0.1, -0.05) is 13.8 Å². The molecule has 1 aromatic rings. The second-order valence-electron chi connectivity index (χ2n) is 7.93. The lowest BCUT2D eigenvalue weighted by Crippen LogP contribution is -2.54. The van der Waals surface area contributed by atoms with Gasteiger partial charge >= 0.3 is 5.97 Å². The van der Waals surface area contributed by atoms with Crippen LogP contribution in [0, 0.1) is 5.92 Å². The van der Waals surface area contributed by atoms with E-state index < -0.39 is 11.5 Å². The average Bonchev–Trinajstić information content (AvgIpc) is 3.41. The minimum atomic E-state index is -1.04. The van der Waals surface area contributed by atoms with Crippen LogP contribution in [0.15, 0.2) is 12.1 Å². The van der Waals surface area contributed by atoms with Crippen LogP contribution in [-0.2, 0) is 9.53 Å². The van der Waals surface area contributed by atoms with E-state index in [1.54, 1.807) is 13.0 Å². The van der Waals surface area contributed by atoms with E-state index in [9.17, 15) is 9.59 Å².